The van der Waals surface area contributed by atoms with Gasteiger partial charge in [0.05, 0.1) is 12.7 Å². The minimum atomic E-state index is 0.573. The minimum Gasteiger partial charge on any atom is -0.495 e. The van der Waals surface area contributed by atoms with Gasteiger partial charge in [-0.2, -0.15) is 17.0 Å². The van der Waals surface area contributed by atoms with Crippen LogP contribution in [0.4, 0.5) is 0 Å². The highest BCUT2D eigenvalue weighted by Crippen LogP contribution is 2.25. The quantitative estimate of drug-likeness (QED) is 0.806. The molecule has 0 aliphatic heterocycles. The molecular formula is C16H14ClNOS. The average molecular weight is 304 g/mol. The van der Waals surface area contributed by atoms with Crippen molar-refractivity contribution in [3.05, 3.63) is 64.2 Å². The van der Waals surface area contributed by atoms with Gasteiger partial charge in [-0.1, -0.05) is 35.9 Å². The highest BCUT2D eigenvalue weighted by Gasteiger charge is 2.04. The second-order valence-corrected chi connectivity index (χ2v) is 5.62. The summed E-state index contributed by atoms with van der Waals surface area (Å²) in [6.45, 7) is 0. The van der Waals surface area contributed by atoms with Crippen LogP contribution in [0.3, 0.4) is 0 Å². The lowest BCUT2D eigenvalue weighted by atomic mass is 10.1. The molecule has 0 fully saturated rings. The number of rotatable bonds is 5. The van der Waals surface area contributed by atoms with E-state index in [4.69, 9.17) is 21.6 Å². The first kappa shape index (κ1) is 14.8. The largest absolute Gasteiger partial charge is 0.495 e. The van der Waals surface area contributed by atoms with Crippen molar-refractivity contribution >= 4 is 23.4 Å². The molecule has 0 radical (unpaired) electrons. The van der Waals surface area contributed by atoms with Gasteiger partial charge in [-0.25, -0.2) is 0 Å². The Morgan fingerprint density at radius 1 is 1.20 bits per heavy atom. The third kappa shape index (κ3) is 3.69. The first-order valence-corrected chi connectivity index (χ1v) is 7.66. The summed E-state index contributed by atoms with van der Waals surface area (Å²) in [5.41, 5.74) is 2.82. The monoisotopic (exact) mass is 303 g/mol. The van der Waals surface area contributed by atoms with E-state index in [1.54, 1.807) is 18.9 Å². The van der Waals surface area contributed by atoms with E-state index in [1.807, 2.05) is 42.5 Å². The number of nitriles is 1. The molecule has 0 spiro atoms. The van der Waals surface area contributed by atoms with Gasteiger partial charge in [-0.3, -0.25) is 0 Å². The summed E-state index contributed by atoms with van der Waals surface area (Å²) in [5, 5.41) is 9.86. The predicted octanol–water partition coefficient (Wildman–Crippen LogP) is 4.65. The summed E-state index contributed by atoms with van der Waals surface area (Å²) < 4.78 is 5.13. The lowest BCUT2D eigenvalue weighted by Crippen LogP contribution is -1.90. The van der Waals surface area contributed by atoms with Crippen molar-refractivity contribution in [1.82, 2.24) is 0 Å². The number of hydrogen-bond acceptors (Lipinski definition) is 3. The van der Waals surface area contributed by atoms with Gasteiger partial charge >= 0.3 is 0 Å². The fourth-order valence-electron chi connectivity index (χ4n) is 1.83. The molecule has 2 aromatic rings. The lowest BCUT2D eigenvalue weighted by Gasteiger charge is -2.07. The van der Waals surface area contributed by atoms with Crippen molar-refractivity contribution in [2.24, 2.45) is 0 Å². The molecule has 20 heavy (non-hydrogen) atoms. The first-order valence-electron chi connectivity index (χ1n) is 6.12. The molecule has 2 rings (SSSR count). The highest BCUT2D eigenvalue weighted by atomic mass is 35.5. The van der Waals surface area contributed by atoms with E-state index in [9.17, 15) is 0 Å². The molecule has 0 aliphatic rings. The Morgan fingerprint density at radius 3 is 2.70 bits per heavy atom. The summed E-state index contributed by atoms with van der Waals surface area (Å²) in [5.74, 6) is 2.31. The van der Waals surface area contributed by atoms with E-state index in [0.29, 0.717) is 11.3 Å². The van der Waals surface area contributed by atoms with E-state index >= 15 is 0 Å². The molecule has 0 N–H and O–H groups in total. The Kier molecular flexibility index (Phi) is 5.34. The smallest absolute Gasteiger partial charge is 0.136 e. The van der Waals surface area contributed by atoms with Crippen LogP contribution in [0.1, 0.15) is 16.7 Å². The second kappa shape index (κ2) is 7.23. The van der Waals surface area contributed by atoms with E-state index in [-0.39, 0.29) is 0 Å². The van der Waals surface area contributed by atoms with Gasteiger partial charge < -0.3 is 4.74 Å². The summed E-state index contributed by atoms with van der Waals surface area (Å²) in [6, 6.07) is 15.7. The van der Waals surface area contributed by atoms with E-state index in [0.717, 1.165) is 27.7 Å². The van der Waals surface area contributed by atoms with Gasteiger partial charge in [0.15, 0.2) is 0 Å². The molecule has 0 aromatic heterocycles. The van der Waals surface area contributed by atoms with Crippen molar-refractivity contribution in [2.75, 3.05) is 7.11 Å². The third-order valence-electron chi connectivity index (χ3n) is 2.87. The highest BCUT2D eigenvalue weighted by molar-refractivity contribution is 7.97. The van der Waals surface area contributed by atoms with E-state index in [2.05, 4.69) is 6.07 Å². The first-order chi connectivity index (χ1) is 9.74. The lowest BCUT2D eigenvalue weighted by molar-refractivity contribution is 0.413. The van der Waals surface area contributed by atoms with Gasteiger partial charge in [0.25, 0.3) is 0 Å². The molecule has 0 amide bonds. The van der Waals surface area contributed by atoms with Crippen LogP contribution in [0.5, 0.6) is 5.75 Å². The maximum atomic E-state index is 9.06. The van der Waals surface area contributed by atoms with Crippen molar-refractivity contribution in [2.45, 2.75) is 11.5 Å². The molecule has 4 heteroatoms. The Hall–Kier alpha value is -1.63. The Morgan fingerprint density at radius 2 is 2.00 bits per heavy atom. The Bertz CT molecular complexity index is 637. The van der Waals surface area contributed by atoms with Crippen LogP contribution in [0, 0.1) is 11.3 Å². The molecule has 102 valence electrons. The van der Waals surface area contributed by atoms with Crippen LogP contribution in [0.15, 0.2) is 42.5 Å². The summed E-state index contributed by atoms with van der Waals surface area (Å²) in [7, 11) is 1.57. The minimum absolute atomic E-state index is 0.573. The fourth-order valence-corrected chi connectivity index (χ4v) is 3.10. The molecule has 0 saturated heterocycles. The van der Waals surface area contributed by atoms with Gasteiger partial charge in [0, 0.05) is 16.5 Å². The molecule has 0 unspecified atom stereocenters. The number of nitrogens with zero attached hydrogens (tertiary/aromatic N) is 1. The maximum absolute atomic E-state index is 9.06. The van der Waals surface area contributed by atoms with Crippen LogP contribution < -0.4 is 4.74 Å². The zero-order chi connectivity index (χ0) is 14.4. The molecule has 0 heterocycles. The van der Waals surface area contributed by atoms with Crippen LogP contribution in [0.25, 0.3) is 0 Å². The van der Waals surface area contributed by atoms with Gasteiger partial charge in [-0.05, 0) is 29.3 Å². The molecule has 0 saturated carbocycles. The molecule has 0 bridgehead atoms. The van der Waals surface area contributed by atoms with Crippen molar-refractivity contribution < 1.29 is 4.74 Å². The zero-order valence-electron chi connectivity index (χ0n) is 11.1. The fraction of sp³-hybridized carbons (Fsp3) is 0.188. The standard InChI is InChI=1S/C16H14ClNOS/c1-19-16-7-6-12(8-14(16)9-18)10-20-11-13-4-2-3-5-15(13)17/h2-8H,10-11H2,1H3. The van der Waals surface area contributed by atoms with E-state index in [1.165, 1.54) is 0 Å². The number of methoxy groups -OCH3 is 1. The molecular weight excluding hydrogens is 290 g/mol. The Balaban J connectivity index is 1.98. The number of hydrogen-bond donors (Lipinski definition) is 0. The van der Waals surface area contributed by atoms with Crippen LogP contribution >= 0.6 is 23.4 Å². The normalized spacial score (nSPS) is 10.1. The predicted molar refractivity (Wildman–Crippen MR) is 84.2 cm³/mol. The van der Waals surface area contributed by atoms with Crippen molar-refractivity contribution in [1.29, 1.82) is 5.26 Å². The van der Waals surface area contributed by atoms with Crippen LogP contribution in [0.2, 0.25) is 5.02 Å². The summed E-state index contributed by atoms with van der Waals surface area (Å²) in [6.07, 6.45) is 0. The average Bonchev–Trinajstić information content (AvgIpc) is 2.49. The number of thioether (sulfide) groups is 1. The number of ether oxygens (including phenoxy) is 1. The summed E-state index contributed by atoms with van der Waals surface area (Å²) in [4.78, 5) is 0. The molecule has 2 aromatic carbocycles. The van der Waals surface area contributed by atoms with Gasteiger partial charge in [-0.15, -0.1) is 0 Å². The topological polar surface area (TPSA) is 33.0 Å². The Labute approximate surface area is 128 Å². The molecule has 2 nitrogen and oxygen atoms in total. The second-order valence-electron chi connectivity index (χ2n) is 4.23. The number of halogens is 1. The molecule has 0 aliphatic carbocycles. The van der Waals surface area contributed by atoms with Crippen molar-refractivity contribution in [3.63, 3.8) is 0 Å². The zero-order valence-corrected chi connectivity index (χ0v) is 12.7. The maximum Gasteiger partial charge on any atom is 0.136 e. The third-order valence-corrected chi connectivity index (χ3v) is 4.29. The van der Waals surface area contributed by atoms with Crippen molar-refractivity contribution in [3.8, 4) is 11.8 Å². The molecule has 0 atom stereocenters. The van der Waals surface area contributed by atoms with Crippen LogP contribution in [-0.2, 0) is 11.5 Å². The van der Waals surface area contributed by atoms with E-state index < -0.39 is 0 Å². The number of benzene rings is 2. The van der Waals surface area contributed by atoms with Gasteiger partial charge in [0.1, 0.15) is 11.8 Å². The summed E-state index contributed by atoms with van der Waals surface area (Å²) >= 11 is 7.89. The van der Waals surface area contributed by atoms with Gasteiger partial charge in [0.2, 0.25) is 0 Å². The van der Waals surface area contributed by atoms with Crippen LogP contribution in [-0.4, -0.2) is 7.11 Å². The SMILES string of the molecule is COc1ccc(CSCc2ccccc2Cl)cc1C#N.